The van der Waals surface area contributed by atoms with Crippen LogP contribution in [-0.2, 0) is 0 Å². The summed E-state index contributed by atoms with van der Waals surface area (Å²) in [4.78, 5) is 4.38. The largest absolute Gasteiger partial charge is 0.495 e. The van der Waals surface area contributed by atoms with Gasteiger partial charge >= 0.3 is 0 Å². The van der Waals surface area contributed by atoms with Crippen LogP contribution < -0.4 is 20.1 Å². The van der Waals surface area contributed by atoms with Crippen LogP contribution in [0.2, 0.25) is 5.02 Å². The normalized spacial score (nSPS) is 13.6. The number of rotatable bonds is 6. The molecular formula is C14H16ClN5O2. The highest BCUT2D eigenvalue weighted by molar-refractivity contribution is 6.32. The van der Waals surface area contributed by atoms with Gasteiger partial charge in [0.05, 0.1) is 31.1 Å². The maximum absolute atomic E-state index is 6.09. The molecular weight excluding hydrogens is 306 g/mol. The number of aromatic nitrogens is 3. The average Bonchev–Trinajstić information content (AvgIpc) is 3.33. The Labute approximate surface area is 133 Å². The molecule has 1 heterocycles. The van der Waals surface area contributed by atoms with Crippen molar-refractivity contribution in [2.45, 2.75) is 18.9 Å². The molecule has 0 aliphatic heterocycles. The Morgan fingerprint density at radius 2 is 1.95 bits per heavy atom. The van der Waals surface area contributed by atoms with Crippen LogP contribution in [0.5, 0.6) is 11.5 Å². The second-order valence-electron chi connectivity index (χ2n) is 4.90. The summed E-state index contributed by atoms with van der Waals surface area (Å²) >= 11 is 6.09. The number of anilines is 3. The second-order valence-corrected chi connectivity index (χ2v) is 5.30. The fraction of sp³-hybridized carbons (Fsp3) is 0.357. The summed E-state index contributed by atoms with van der Waals surface area (Å²) in [5.41, 5.74) is 0.682. The Kier molecular flexibility index (Phi) is 4.15. The molecule has 1 aliphatic carbocycles. The van der Waals surface area contributed by atoms with Gasteiger partial charge in [0.1, 0.15) is 11.5 Å². The third-order valence-electron chi connectivity index (χ3n) is 3.21. The Bertz CT molecular complexity index is 678. The molecule has 0 bridgehead atoms. The molecule has 2 N–H and O–H groups in total. The van der Waals surface area contributed by atoms with E-state index in [1.165, 1.54) is 0 Å². The van der Waals surface area contributed by atoms with Crippen molar-refractivity contribution in [3.63, 3.8) is 0 Å². The monoisotopic (exact) mass is 321 g/mol. The zero-order valence-electron chi connectivity index (χ0n) is 12.3. The maximum atomic E-state index is 6.09. The SMILES string of the molecule is COc1cc(Nc2cnnc(NC3CC3)n2)c(OC)cc1Cl. The number of nitrogens with zero attached hydrogens (tertiary/aromatic N) is 3. The molecule has 1 aliphatic rings. The summed E-state index contributed by atoms with van der Waals surface area (Å²) in [5, 5.41) is 14.7. The fourth-order valence-electron chi connectivity index (χ4n) is 1.93. The quantitative estimate of drug-likeness (QED) is 0.846. The Morgan fingerprint density at radius 3 is 2.64 bits per heavy atom. The van der Waals surface area contributed by atoms with E-state index >= 15 is 0 Å². The first-order valence-electron chi connectivity index (χ1n) is 6.84. The minimum absolute atomic E-state index is 0.460. The zero-order valence-corrected chi connectivity index (χ0v) is 13.0. The van der Waals surface area contributed by atoms with Crippen molar-refractivity contribution in [2.75, 3.05) is 24.9 Å². The van der Waals surface area contributed by atoms with E-state index in [-0.39, 0.29) is 0 Å². The van der Waals surface area contributed by atoms with Crippen LogP contribution in [0.1, 0.15) is 12.8 Å². The minimum Gasteiger partial charge on any atom is -0.495 e. The van der Waals surface area contributed by atoms with Gasteiger partial charge in [-0.25, -0.2) is 0 Å². The van der Waals surface area contributed by atoms with Gasteiger partial charge in [-0.05, 0) is 12.8 Å². The van der Waals surface area contributed by atoms with Gasteiger partial charge in [-0.15, -0.1) is 5.10 Å². The summed E-state index contributed by atoms with van der Waals surface area (Å²) in [5.74, 6) is 2.19. The van der Waals surface area contributed by atoms with Crippen molar-refractivity contribution in [3.05, 3.63) is 23.4 Å². The van der Waals surface area contributed by atoms with Gasteiger partial charge in [-0.3, -0.25) is 0 Å². The van der Waals surface area contributed by atoms with Crippen LogP contribution in [0.15, 0.2) is 18.3 Å². The second kappa shape index (κ2) is 6.23. The molecule has 2 aromatic rings. The van der Waals surface area contributed by atoms with Gasteiger partial charge in [0.15, 0.2) is 5.82 Å². The highest BCUT2D eigenvalue weighted by Gasteiger charge is 2.22. The standard InChI is InChI=1S/C14H16ClN5O2/c1-21-11-6-10(12(22-2)5-9(11)15)18-13-7-16-20-14(19-13)17-8-3-4-8/h5-8H,3-4H2,1-2H3,(H2,17,18,19,20). The summed E-state index contributed by atoms with van der Waals surface area (Å²) < 4.78 is 10.5. The van der Waals surface area contributed by atoms with E-state index < -0.39 is 0 Å². The lowest BCUT2D eigenvalue weighted by Crippen LogP contribution is -2.08. The van der Waals surface area contributed by atoms with Gasteiger partial charge < -0.3 is 20.1 Å². The number of hydrogen-bond acceptors (Lipinski definition) is 7. The molecule has 0 saturated heterocycles. The first-order valence-corrected chi connectivity index (χ1v) is 7.22. The van der Waals surface area contributed by atoms with Crippen LogP contribution in [0, 0.1) is 0 Å². The smallest absolute Gasteiger partial charge is 0.244 e. The zero-order chi connectivity index (χ0) is 15.5. The van der Waals surface area contributed by atoms with Crippen molar-refractivity contribution in [2.24, 2.45) is 0 Å². The summed E-state index contributed by atoms with van der Waals surface area (Å²) in [6, 6.07) is 3.89. The van der Waals surface area contributed by atoms with Gasteiger partial charge in [-0.2, -0.15) is 10.1 Å². The molecule has 1 fully saturated rings. The molecule has 22 heavy (non-hydrogen) atoms. The maximum Gasteiger partial charge on any atom is 0.244 e. The van der Waals surface area contributed by atoms with Gasteiger partial charge in [0.2, 0.25) is 5.95 Å². The molecule has 8 heteroatoms. The topological polar surface area (TPSA) is 81.2 Å². The molecule has 116 valence electrons. The summed E-state index contributed by atoms with van der Waals surface area (Å²) in [6.07, 6.45) is 3.82. The van der Waals surface area contributed by atoms with E-state index in [4.69, 9.17) is 21.1 Å². The van der Waals surface area contributed by atoms with Gasteiger partial charge in [-0.1, -0.05) is 11.6 Å². The third kappa shape index (κ3) is 3.30. The lowest BCUT2D eigenvalue weighted by molar-refractivity contribution is 0.405. The lowest BCUT2D eigenvalue weighted by Gasteiger charge is -2.13. The Balaban J connectivity index is 1.85. The fourth-order valence-corrected chi connectivity index (χ4v) is 2.16. The Hall–Kier alpha value is -2.28. The van der Waals surface area contributed by atoms with Crippen molar-refractivity contribution >= 4 is 29.1 Å². The van der Waals surface area contributed by atoms with Crippen LogP contribution in [-0.4, -0.2) is 35.4 Å². The first-order chi connectivity index (χ1) is 10.7. The van der Waals surface area contributed by atoms with E-state index in [1.807, 2.05) is 0 Å². The predicted octanol–water partition coefficient (Wildman–Crippen LogP) is 2.86. The average molecular weight is 322 g/mol. The van der Waals surface area contributed by atoms with Crippen LogP contribution >= 0.6 is 11.6 Å². The van der Waals surface area contributed by atoms with Crippen molar-refractivity contribution in [1.29, 1.82) is 0 Å². The number of halogens is 1. The number of ether oxygens (including phenoxy) is 2. The molecule has 0 unspecified atom stereocenters. The Morgan fingerprint density at radius 1 is 1.18 bits per heavy atom. The van der Waals surface area contributed by atoms with E-state index in [0.29, 0.717) is 40.0 Å². The van der Waals surface area contributed by atoms with E-state index in [2.05, 4.69) is 25.8 Å². The molecule has 7 nitrogen and oxygen atoms in total. The molecule has 0 spiro atoms. The highest BCUT2D eigenvalue weighted by Crippen LogP contribution is 2.37. The number of benzene rings is 1. The van der Waals surface area contributed by atoms with Gasteiger partial charge in [0, 0.05) is 18.2 Å². The molecule has 0 amide bonds. The van der Waals surface area contributed by atoms with Crippen molar-refractivity contribution < 1.29 is 9.47 Å². The molecule has 1 aromatic carbocycles. The molecule has 0 atom stereocenters. The number of hydrogen-bond donors (Lipinski definition) is 2. The van der Waals surface area contributed by atoms with Crippen LogP contribution in [0.25, 0.3) is 0 Å². The van der Waals surface area contributed by atoms with Crippen LogP contribution in [0.3, 0.4) is 0 Å². The highest BCUT2D eigenvalue weighted by atomic mass is 35.5. The summed E-state index contributed by atoms with van der Waals surface area (Å²) in [6.45, 7) is 0. The molecule has 1 aromatic heterocycles. The lowest BCUT2D eigenvalue weighted by atomic mass is 10.2. The van der Waals surface area contributed by atoms with Crippen molar-refractivity contribution in [1.82, 2.24) is 15.2 Å². The van der Waals surface area contributed by atoms with E-state index in [1.54, 1.807) is 32.5 Å². The van der Waals surface area contributed by atoms with E-state index in [9.17, 15) is 0 Å². The molecule has 0 radical (unpaired) electrons. The van der Waals surface area contributed by atoms with Crippen LogP contribution in [0.4, 0.5) is 17.5 Å². The van der Waals surface area contributed by atoms with Crippen molar-refractivity contribution in [3.8, 4) is 11.5 Å². The predicted molar refractivity (Wildman–Crippen MR) is 84.3 cm³/mol. The molecule has 1 saturated carbocycles. The van der Waals surface area contributed by atoms with E-state index in [0.717, 1.165) is 12.8 Å². The third-order valence-corrected chi connectivity index (χ3v) is 3.50. The number of methoxy groups -OCH3 is 2. The first kappa shape index (κ1) is 14.6. The van der Waals surface area contributed by atoms with Gasteiger partial charge in [0.25, 0.3) is 0 Å². The molecule has 3 rings (SSSR count). The summed E-state index contributed by atoms with van der Waals surface area (Å²) in [7, 11) is 3.13. The minimum atomic E-state index is 0.460. The number of nitrogens with one attached hydrogen (secondary N) is 2.